The van der Waals surface area contributed by atoms with E-state index >= 15 is 0 Å². The standard InChI is InChI=1S/C26H19Cl2F3N2O4/c27-19-8-4-15(5-9-19)13-22(25(36)37)33-24(35)21(32-23(34)17-6-10-20(28)11-7-17)14-16-2-1-3-18(12-16)26(29,30)31/h1-12,14,22H,13H2,(H,32,34)(H,33,35)(H,36,37). The Kier molecular flexibility index (Phi) is 8.96. The van der Waals surface area contributed by atoms with E-state index in [0.717, 1.165) is 24.3 Å². The van der Waals surface area contributed by atoms with Gasteiger partial charge in [0.15, 0.2) is 0 Å². The molecule has 0 heterocycles. The molecule has 0 aliphatic rings. The number of benzene rings is 3. The predicted molar refractivity (Wildman–Crippen MR) is 133 cm³/mol. The molecule has 3 aromatic carbocycles. The summed E-state index contributed by atoms with van der Waals surface area (Å²) < 4.78 is 39.5. The molecular weight excluding hydrogens is 532 g/mol. The average molecular weight is 551 g/mol. The largest absolute Gasteiger partial charge is 0.480 e. The molecule has 1 atom stereocenters. The topological polar surface area (TPSA) is 95.5 Å². The zero-order valence-corrected chi connectivity index (χ0v) is 20.4. The number of carboxylic acid groups (broad SMARTS) is 1. The van der Waals surface area contributed by atoms with Crippen LogP contribution in [0.15, 0.2) is 78.5 Å². The van der Waals surface area contributed by atoms with Gasteiger partial charge in [0.1, 0.15) is 11.7 Å². The van der Waals surface area contributed by atoms with Crippen LogP contribution in [0, 0.1) is 0 Å². The number of carbonyl (C=O) groups is 3. The predicted octanol–water partition coefficient (Wildman–Crippen LogP) is 5.60. The maximum absolute atomic E-state index is 13.2. The van der Waals surface area contributed by atoms with E-state index in [1.54, 1.807) is 24.3 Å². The third-order valence-electron chi connectivity index (χ3n) is 5.08. The van der Waals surface area contributed by atoms with Gasteiger partial charge in [-0.3, -0.25) is 9.59 Å². The molecule has 0 saturated carbocycles. The van der Waals surface area contributed by atoms with Gasteiger partial charge in [-0.2, -0.15) is 13.2 Å². The van der Waals surface area contributed by atoms with Crippen molar-refractivity contribution in [1.29, 1.82) is 0 Å². The van der Waals surface area contributed by atoms with Gasteiger partial charge in [-0.1, -0.05) is 47.5 Å². The summed E-state index contributed by atoms with van der Waals surface area (Å²) in [7, 11) is 0. The van der Waals surface area contributed by atoms with Crippen LogP contribution in [-0.4, -0.2) is 28.9 Å². The number of carbonyl (C=O) groups excluding carboxylic acids is 2. The zero-order valence-electron chi connectivity index (χ0n) is 18.9. The fourth-order valence-corrected chi connectivity index (χ4v) is 3.47. The molecule has 0 aromatic heterocycles. The SMILES string of the molecule is O=C(NC(Cc1ccc(Cl)cc1)C(=O)O)C(=Cc1cccc(C(F)(F)F)c1)NC(=O)c1ccc(Cl)cc1. The van der Waals surface area contributed by atoms with E-state index in [-0.39, 0.29) is 17.5 Å². The van der Waals surface area contributed by atoms with Crippen LogP contribution in [0.2, 0.25) is 10.0 Å². The Bertz CT molecular complexity index is 1320. The van der Waals surface area contributed by atoms with Crippen molar-refractivity contribution in [3.8, 4) is 0 Å². The van der Waals surface area contributed by atoms with Crippen molar-refractivity contribution >= 4 is 47.1 Å². The van der Waals surface area contributed by atoms with Gasteiger partial charge in [-0.05, 0) is 65.7 Å². The highest BCUT2D eigenvalue weighted by Gasteiger charge is 2.30. The van der Waals surface area contributed by atoms with Gasteiger partial charge in [0.05, 0.1) is 5.56 Å². The molecule has 6 nitrogen and oxygen atoms in total. The Morgan fingerprint density at radius 1 is 0.919 bits per heavy atom. The van der Waals surface area contributed by atoms with Crippen molar-refractivity contribution in [2.75, 3.05) is 0 Å². The third kappa shape index (κ3) is 8.09. The number of hydrogen-bond acceptors (Lipinski definition) is 3. The van der Waals surface area contributed by atoms with E-state index in [2.05, 4.69) is 10.6 Å². The number of hydrogen-bond donors (Lipinski definition) is 3. The van der Waals surface area contributed by atoms with Crippen LogP contribution in [0.25, 0.3) is 6.08 Å². The lowest BCUT2D eigenvalue weighted by molar-refractivity contribution is -0.141. The van der Waals surface area contributed by atoms with Crippen LogP contribution in [0.4, 0.5) is 13.2 Å². The molecule has 3 aromatic rings. The summed E-state index contributed by atoms with van der Waals surface area (Å²) in [4.78, 5) is 37.7. The van der Waals surface area contributed by atoms with Crippen LogP contribution in [0.1, 0.15) is 27.0 Å². The van der Waals surface area contributed by atoms with Gasteiger partial charge in [0.25, 0.3) is 11.8 Å². The van der Waals surface area contributed by atoms with E-state index in [0.29, 0.717) is 15.6 Å². The van der Waals surface area contributed by atoms with E-state index in [1.807, 2.05) is 0 Å². The van der Waals surface area contributed by atoms with Gasteiger partial charge in [0.2, 0.25) is 0 Å². The minimum atomic E-state index is -4.63. The molecule has 0 aliphatic carbocycles. The Morgan fingerprint density at radius 3 is 2.08 bits per heavy atom. The molecule has 3 rings (SSSR count). The minimum absolute atomic E-state index is 0.0408. The molecule has 0 aliphatic heterocycles. The molecule has 0 radical (unpaired) electrons. The number of alkyl halides is 3. The summed E-state index contributed by atoms with van der Waals surface area (Å²) in [5.74, 6) is -3.12. The normalized spacial score (nSPS) is 12.5. The highest BCUT2D eigenvalue weighted by Crippen LogP contribution is 2.30. The number of halogens is 5. The van der Waals surface area contributed by atoms with E-state index in [4.69, 9.17) is 23.2 Å². The average Bonchev–Trinajstić information content (AvgIpc) is 2.84. The molecule has 0 spiro atoms. The maximum atomic E-state index is 13.2. The Hall–Kier alpha value is -3.82. The van der Waals surface area contributed by atoms with Crippen molar-refractivity contribution in [2.24, 2.45) is 0 Å². The number of aliphatic carboxylic acids is 1. The molecule has 0 fully saturated rings. The molecule has 2 amide bonds. The van der Waals surface area contributed by atoms with Gasteiger partial charge < -0.3 is 15.7 Å². The third-order valence-corrected chi connectivity index (χ3v) is 5.58. The highest BCUT2D eigenvalue weighted by atomic mass is 35.5. The Morgan fingerprint density at radius 2 is 1.51 bits per heavy atom. The van der Waals surface area contributed by atoms with Crippen molar-refractivity contribution in [1.82, 2.24) is 10.6 Å². The van der Waals surface area contributed by atoms with Crippen LogP contribution in [0.3, 0.4) is 0 Å². The van der Waals surface area contributed by atoms with E-state index in [1.165, 1.54) is 30.3 Å². The van der Waals surface area contributed by atoms with Gasteiger partial charge in [-0.15, -0.1) is 0 Å². The minimum Gasteiger partial charge on any atom is -0.480 e. The van der Waals surface area contributed by atoms with Crippen LogP contribution in [-0.2, 0) is 22.2 Å². The fraction of sp³-hybridized carbons (Fsp3) is 0.115. The number of carboxylic acids is 1. The Balaban J connectivity index is 1.92. The van der Waals surface area contributed by atoms with Crippen LogP contribution in [0.5, 0.6) is 0 Å². The molecule has 37 heavy (non-hydrogen) atoms. The van der Waals surface area contributed by atoms with Crippen LogP contribution < -0.4 is 10.6 Å². The number of nitrogens with one attached hydrogen (secondary N) is 2. The summed E-state index contributed by atoms with van der Waals surface area (Å²) >= 11 is 11.7. The van der Waals surface area contributed by atoms with Gasteiger partial charge >= 0.3 is 12.1 Å². The molecule has 0 saturated heterocycles. The summed E-state index contributed by atoms with van der Waals surface area (Å²) in [5.41, 5.74) is -0.785. The van der Waals surface area contributed by atoms with Crippen molar-refractivity contribution in [3.05, 3.63) is 111 Å². The molecule has 1 unspecified atom stereocenters. The smallest absolute Gasteiger partial charge is 0.416 e. The summed E-state index contributed by atoms with van der Waals surface area (Å²) in [6.45, 7) is 0. The Labute approximate surface area is 219 Å². The lowest BCUT2D eigenvalue weighted by atomic mass is 10.1. The first-order valence-electron chi connectivity index (χ1n) is 10.7. The lowest BCUT2D eigenvalue weighted by Crippen LogP contribution is -2.45. The molecule has 0 bridgehead atoms. The van der Waals surface area contributed by atoms with Gasteiger partial charge in [0, 0.05) is 22.0 Å². The van der Waals surface area contributed by atoms with Crippen molar-refractivity contribution in [3.63, 3.8) is 0 Å². The van der Waals surface area contributed by atoms with Gasteiger partial charge in [-0.25, -0.2) is 4.79 Å². The lowest BCUT2D eigenvalue weighted by Gasteiger charge is -2.17. The first-order chi connectivity index (χ1) is 17.4. The van der Waals surface area contributed by atoms with Crippen molar-refractivity contribution in [2.45, 2.75) is 18.6 Å². The second kappa shape index (κ2) is 11.9. The summed E-state index contributed by atoms with van der Waals surface area (Å²) in [6.07, 6.45) is -3.72. The molecule has 192 valence electrons. The fourth-order valence-electron chi connectivity index (χ4n) is 3.22. The van der Waals surface area contributed by atoms with Crippen molar-refractivity contribution < 1.29 is 32.7 Å². The molecule has 3 N–H and O–H groups in total. The molecular formula is C26H19Cl2F3N2O4. The van der Waals surface area contributed by atoms with Crippen LogP contribution >= 0.6 is 23.2 Å². The number of rotatable bonds is 8. The van der Waals surface area contributed by atoms with E-state index in [9.17, 15) is 32.7 Å². The first kappa shape index (κ1) is 27.8. The second-order valence-corrected chi connectivity index (χ2v) is 8.71. The zero-order chi connectivity index (χ0) is 27.2. The first-order valence-corrected chi connectivity index (χ1v) is 11.4. The van der Waals surface area contributed by atoms with E-state index < -0.39 is 41.3 Å². The maximum Gasteiger partial charge on any atom is 0.416 e. The number of amides is 2. The summed E-state index contributed by atoms with van der Waals surface area (Å²) in [6, 6.07) is 14.6. The molecule has 11 heteroatoms. The summed E-state index contributed by atoms with van der Waals surface area (Å²) in [5, 5.41) is 15.1. The highest BCUT2D eigenvalue weighted by molar-refractivity contribution is 6.30. The quantitative estimate of drug-likeness (QED) is 0.318. The monoisotopic (exact) mass is 550 g/mol. The second-order valence-electron chi connectivity index (χ2n) is 7.84.